The van der Waals surface area contributed by atoms with Gasteiger partial charge in [-0.25, -0.2) is 0 Å². The molecule has 0 spiro atoms. The molecule has 24 heavy (non-hydrogen) atoms. The Morgan fingerprint density at radius 1 is 0.542 bits per heavy atom. The van der Waals surface area contributed by atoms with Gasteiger partial charge in [0.1, 0.15) is 23.0 Å². The average Bonchev–Trinajstić information content (AvgIpc) is 2.56. The van der Waals surface area contributed by atoms with Gasteiger partial charge >= 0.3 is 0 Å². The van der Waals surface area contributed by atoms with E-state index in [0.29, 0.717) is 0 Å². The quantitative estimate of drug-likeness (QED) is 0.660. The molecule has 3 aromatic rings. The maximum Gasteiger partial charge on any atom is 0.127 e. The van der Waals surface area contributed by atoms with Gasteiger partial charge in [-0.1, -0.05) is 0 Å². The zero-order chi connectivity index (χ0) is 17.1. The van der Waals surface area contributed by atoms with Crippen LogP contribution in [0.25, 0.3) is 0 Å². The Labute approximate surface area is 141 Å². The molecule has 0 bridgehead atoms. The van der Waals surface area contributed by atoms with Crippen molar-refractivity contribution < 1.29 is 9.47 Å². The average molecular weight is 320 g/mol. The molecule has 0 unspecified atom stereocenters. The molecule has 4 nitrogen and oxygen atoms in total. The number of rotatable bonds is 4. The van der Waals surface area contributed by atoms with Gasteiger partial charge in [-0.3, -0.25) is 0 Å². The van der Waals surface area contributed by atoms with Crippen molar-refractivity contribution in [2.45, 2.75) is 13.8 Å². The highest BCUT2D eigenvalue weighted by Gasteiger charge is 2.03. The Balaban J connectivity index is 1.70. The molecule has 0 aliphatic heterocycles. The fraction of sp³-hybridized carbons (Fsp3) is 0.100. The van der Waals surface area contributed by atoms with Crippen LogP contribution in [0.4, 0.5) is 11.4 Å². The maximum atomic E-state index is 5.83. The van der Waals surface area contributed by atoms with Crippen LogP contribution < -0.4 is 20.9 Å². The first-order valence-electron chi connectivity index (χ1n) is 7.69. The molecule has 0 saturated heterocycles. The van der Waals surface area contributed by atoms with E-state index in [1.165, 1.54) is 0 Å². The van der Waals surface area contributed by atoms with Gasteiger partial charge in [0.15, 0.2) is 0 Å². The van der Waals surface area contributed by atoms with Crippen LogP contribution in [-0.2, 0) is 0 Å². The molecule has 0 amide bonds. The van der Waals surface area contributed by atoms with Crippen LogP contribution in [0.3, 0.4) is 0 Å². The predicted molar refractivity (Wildman–Crippen MR) is 97.8 cm³/mol. The third-order valence-electron chi connectivity index (χ3n) is 3.78. The van der Waals surface area contributed by atoms with E-state index in [2.05, 4.69) is 0 Å². The number of anilines is 2. The number of hydrogen-bond acceptors (Lipinski definition) is 4. The minimum Gasteiger partial charge on any atom is -0.457 e. The number of hydrogen-bond donors (Lipinski definition) is 2. The molecule has 4 N–H and O–H groups in total. The minimum absolute atomic E-state index is 0.736. The molecule has 0 radical (unpaired) electrons. The Morgan fingerprint density at radius 2 is 0.875 bits per heavy atom. The van der Waals surface area contributed by atoms with Gasteiger partial charge < -0.3 is 20.9 Å². The minimum atomic E-state index is 0.736. The fourth-order valence-corrected chi connectivity index (χ4v) is 2.27. The molecule has 3 rings (SSSR count). The molecule has 122 valence electrons. The normalized spacial score (nSPS) is 10.4. The lowest BCUT2D eigenvalue weighted by Crippen LogP contribution is -1.92. The van der Waals surface area contributed by atoms with Crippen LogP contribution in [0.1, 0.15) is 11.1 Å². The van der Waals surface area contributed by atoms with Gasteiger partial charge in [0, 0.05) is 11.4 Å². The summed E-state index contributed by atoms with van der Waals surface area (Å²) in [6.45, 7) is 3.90. The summed E-state index contributed by atoms with van der Waals surface area (Å²) >= 11 is 0. The Kier molecular flexibility index (Phi) is 4.29. The molecule has 0 aliphatic carbocycles. The van der Waals surface area contributed by atoms with Crippen molar-refractivity contribution in [3.05, 3.63) is 71.8 Å². The Hall–Kier alpha value is -3.14. The van der Waals surface area contributed by atoms with Crippen molar-refractivity contribution >= 4 is 11.4 Å². The van der Waals surface area contributed by atoms with Gasteiger partial charge in [-0.05, 0) is 85.6 Å². The van der Waals surface area contributed by atoms with Crippen LogP contribution in [0.15, 0.2) is 60.7 Å². The molecule has 0 aliphatic rings. The van der Waals surface area contributed by atoms with Crippen molar-refractivity contribution in [2.24, 2.45) is 0 Å². The second-order valence-electron chi connectivity index (χ2n) is 5.71. The van der Waals surface area contributed by atoms with Crippen LogP contribution in [-0.4, -0.2) is 0 Å². The first kappa shape index (κ1) is 15.7. The van der Waals surface area contributed by atoms with E-state index in [0.717, 1.165) is 45.5 Å². The second-order valence-corrected chi connectivity index (χ2v) is 5.71. The lowest BCUT2D eigenvalue weighted by molar-refractivity contribution is 0.469. The zero-order valence-corrected chi connectivity index (χ0v) is 13.7. The van der Waals surface area contributed by atoms with E-state index in [1.807, 2.05) is 74.5 Å². The van der Waals surface area contributed by atoms with Gasteiger partial charge in [0.05, 0.1) is 0 Å². The van der Waals surface area contributed by atoms with Gasteiger partial charge in [0.2, 0.25) is 0 Å². The summed E-state index contributed by atoms with van der Waals surface area (Å²) in [5, 5.41) is 0. The third-order valence-corrected chi connectivity index (χ3v) is 3.78. The van der Waals surface area contributed by atoms with Crippen molar-refractivity contribution in [3.63, 3.8) is 0 Å². The van der Waals surface area contributed by atoms with E-state index in [9.17, 15) is 0 Å². The summed E-state index contributed by atoms with van der Waals surface area (Å²) in [6.07, 6.45) is 0. The maximum absolute atomic E-state index is 5.83. The zero-order valence-electron chi connectivity index (χ0n) is 13.7. The van der Waals surface area contributed by atoms with E-state index in [4.69, 9.17) is 20.9 Å². The first-order valence-corrected chi connectivity index (χ1v) is 7.69. The summed E-state index contributed by atoms with van der Waals surface area (Å²) in [5.74, 6) is 2.98. The van der Waals surface area contributed by atoms with Gasteiger partial charge in [0.25, 0.3) is 0 Å². The highest BCUT2D eigenvalue weighted by atomic mass is 16.5. The molecular formula is C20H20N2O2. The van der Waals surface area contributed by atoms with Crippen molar-refractivity contribution in [1.82, 2.24) is 0 Å². The Bertz CT molecular complexity index is 786. The molecular weight excluding hydrogens is 300 g/mol. The van der Waals surface area contributed by atoms with Crippen molar-refractivity contribution in [2.75, 3.05) is 11.5 Å². The highest BCUT2D eigenvalue weighted by molar-refractivity contribution is 5.51. The van der Waals surface area contributed by atoms with Gasteiger partial charge in [-0.15, -0.1) is 0 Å². The van der Waals surface area contributed by atoms with E-state index < -0.39 is 0 Å². The number of nitrogens with two attached hydrogens (primary N) is 2. The number of nitrogen functional groups attached to an aromatic ring is 2. The van der Waals surface area contributed by atoms with Crippen molar-refractivity contribution in [1.29, 1.82) is 0 Å². The number of ether oxygens (including phenoxy) is 2. The molecule has 0 heterocycles. The first-order chi connectivity index (χ1) is 11.5. The van der Waals surface area contributed by atoms with Crippen LogP contribution >= 0.6 is 0 Å². The fourth-order valence-electron chi connectivity index (χ4n) is 2.27. The second kappa shape index (κ2) is 6.54. The monoisotopic (exact) mass is 320 g/mol. The highest BCUT2D eigenvalue weighted by Crippen LogP contribution is 2.29. The van der Waals surface area contributed by atoms with E-state index in [1.54, 1.807) is 0 Å². The number of benzene rings is 3. The summed E-state index contributed by atoms with van der Waals surface area (Å²) < 4.78 is 11.7. The molecule has 3 aromatic carbocycles. The van der Waals surface area contributed by atoms with E-state index >= 15 is 0 Å². The lowest BCUT2D eigenvalue weighted by Gasteiger charge is -2.10. The smallest absolute Gasteiger partial charge is 0.127 e. The molecule has 0 aromatic heterocycles. The largest absolute Gasteiger partial charge is 0.457 e. The van der Waals surface area contributed by atoms with Crippen LogP contribution in [0.5, 0.6) is 23.0 Å². The third kappa shape index (κ3) is 3.60. The lowest BCUT2D eigenvalue weighted by atomic mass is 10.2. The van der Waals surface area contributed by atoms with Crippen LogP contribution in [0.2, 0.25) is 0 Å². The standard InChI is InChI=1S/C20H20N2O2/c1-13-11-17(7-9-19(13)21)23-15-3-5-16(6-4-15)24-18-8-10-20(22)14(2)12-18/h3-12H,21-22H2,1-2H3. The molecule has 0 fully saturated rings. The Morgan fingerprint density at radius 3 is 1.21 bits per heavy atom. The SMILES string of the molecule is Cc1cc(Oc2ccc(Oc3ccc(N)c(C)c3)cc2)ccc1N. The summed E-state index contributed by atoms with van der Waals surface area (Å²) in [7, 11) is 0. The van der Waals surface area contributed by atoms with Gasteiger partial charge in [-0.2, -0.15) is 0 Å². The molecule has 0 atom stereocenters. The van der Waals surface area contributed by atoms with E-state index in [-0.39, 0.29) is 0 Å². The predicted octanol–water partition coefficient (Wildman–Crippen LogP) is 5.05. The number of aryl methyl sites for hydroxylation is 2. The topological polar surface area (TPSA) is 70.5 Å². The summed E-state index contributed by atoms with van der Waals surface area (Å²) in [4.78, 5) is 0. The van der Waals surface area contributed by atoms with Crippen LogP contribution in [0, 0.1) is 13.8 Å². The van der Waals surface area contributed by atoms with Crippen molar-refractivity contribution in [3.8, 4) is 23.0 Å². The summed E-state index contributed by atoms with van der Waals surface area (Å²) in [5.41, 5.74) is 15.1. The summed E-state index contributed by atoms with van der Waals surface area (Å²) in [6, 6.07) is 18.7. The molecule has 4 heteroatoms. The molecule has 0 saturated carbocycles.